The number of carboxylic acid groups (broad SMARTS) is 1. The average Bonchev–Trinajstić information content (AvgIpc) is 2.64. The maximum Gasteiger partial charge on any atom is 0.418 e. The number of nitrogens with one attached hydrogen (secondary N) is 1. The molecule has 1 aromatic heterocycles. The minimum absolute atomic E-state index is 0.0288. The average molecular weight is 384 g/mol. The summed E-state index contributed by atoms with van der Waals surface area (Å²) in [5.41, 5.74) is 1.61. The van der Waals surface area contributed by atoms with Gasteiger partial charge in [0.15, 0.2) is 0 Å². The van der Waals surface area contributed by atoms with Crippen molar-refractivity contribution in [1.29, 1.82) is 0 Å². The number of hydrogen-bond acceptors (Lipinski definition) is 6. The monoisotopic (exact) mass is 384 g/mol. The summed E-state index contributed by atoms with van der Waals surface area (Å²) in [5, 5.41) is 11.5. The zero-order valence-corrected chi connectivity index (χ0v) is 14.8. The first-order valence-electron chi connectivity index (χ1n) is 8.19. The van der Waals surface area contributed by atoms with Crippen molar-refractivity contribution < 1.29 is 29.0 Å². The molecule has 0 unspecified atom stereocenters. The van der Waals surface area contributed by atoms with Gasteiger partial charge in [0.05, 0.1) is 11.9 Å². The number of carbonyl (C=O) groups is 4. The lowest BCUT2D eigenvalue weighted by atomic mass is 10.2. The van der Waals surface area contributed by atoms with Crippen LogP contribution in [0.25, 0.3) is 0 Å². The van der Waals surface area contributed by atoms with Crippen LogP contribution in [0.15, 0.2) is 42.6 Å². The highest BCUT2D eigenvalue weighted by Gasteiger charge is 2.34. The number of amides is 4. The number of anilines is 2. The fraction of sp³-hybridized carbons (Fsp3) is 0.167. The van der Waals surface area contributed by atoms with E-state index in [9.17, 15) is 19.2 Å². The number of nitrogens with zero attached hydrogens (tertiary/aromatic N) is 3. The number of benzene rings is 1. The van der Waals surface area contributed by atoms with Crippen molar-refractivity contribution in [3.8, 4) is 5.88 Å². The fourth-order valence-electron chi connectivity index (χ4n) is 2.59. The quantitative estimate of drug-likeness (QED) is 0.773. The van der Waals surface area contributed by atoms with Crippen molar-refractivity contribution in [2.24, 2.45) is 0 Å². The van der Waals surface area contributed by atoms with Crippen LogP contribution in [0.2, 0.25) is 0 Å². The molecule has 0 saturated carbocycles. The Bertz CT molecular complexity index is 925. The van der Waals surface area contributed by atoms with Crippen LogP contribution in [0.5, 0.6) is 5.88 Å². The molecule has 144 valence electrons. The van der Waals surface area contributed by atoms with Crippen molar-refractivity contribution in [3.05, 3.63) is 48.2 Å². The predicted molar refractivity (Wildman–Crippen MR) is 97.2 cm³/mol. The Morgan fingerprint density at radius 1 is 1.11 bits per heavy atom. The lowest BCUT2D eigenvalue weighted by Gasteiger charge is -2.30. The summed E-state index contributed by atoms with van der Waals surface area (Å²) in [5.74, 6) is -1.41. The summed E-state index contributed by atoms with van der Waals surface area (Å²) < 4.78 is 5.08. The molecule has 0 aliphatic carbocycles. The van der Waals surface area contributed by atoms with Gasteiger partial charge in [-0.1, -0.05) is 18.2 Å². The number of ether oxygens (including phenoxy) is 1. The van der Waals surface area contributed by atoms with E-state index in [-0.39, 0.29) is 11.6 Å². The number of pyridine rings is 1. The number of rotatable bonds is 3. The Kier molecular flexibility index (Phi) is 5.21. The smallest absolute Gasteiger partial charge is 0.418 e. The zero-order valence-electron chi connectivity index (χ0n) is 14.8. The Labute approximate surface area is 159 Å². The van der Waals surface area contributed by atoms with E-state index in [1.165, 1.54) is 18.3 Å². The van der Waals surface area contributed by atoms with Crippen LogP contribution in [0.3, 0.4) is 0 Å². The molecule has 1 aliphatic heterocycles. The minimum Gasteiger partial charge on any atom is -0.465 e. The van der Waals surface area contributed by atoms with Crippen molar-refractivity contribution in [3.63, 3.8) is 0 Å². The molecule has 2 N–H and O–H groups in total. The van der Waals surface area contributed by atoms with Gasteiger partial charge in [-0.05, 0) is 24.6 Å². The van der Waals surface area contributed by atoms with E-state index in [4.69, 9.17) is 9.84 Å². The van der Waals surface area contributed by atoms with Crippen LogP contribution in [0, 0.1) is 6.92 Å². The van der Waals surface area contributed by atoms with Crippen LogP contribution in [0.4, 0.5) is 21.0 Å². The number of piperazine rings is 1. The van der Waals surface area contributed by atoms with Gasteiger partial charge in [0, 0.05) is 11.8 Å². The summed E-state index contributed by atoms with van der Waals surface area (Å²) in [7, 11) is 0. The number of carbonyl (C=O) groups excluding carboxylic acids is 3. The Morgan fingerprint density at radius 2 is 1.79 bits per heavy atom. The maximum atomic E-state index is 12.1. The third kappa shape index (κ3) is 4.06. The van der Waals surface area contributed by atoms with E-state index < -0.39 is 37.1 Å². The predicted octanol–water partition coefficient (Wildman–Crippen LogP) is 1.85. The van der Waals surface area contributed by atoms with Gasteiger partial charge < -0.3 is 9.84 Å². The summed E-state index contributed by atoms with van der Waals surface area (Å²) in [6.07, 6.45) is -0.887. The first-order chi connectivity index (χ1) is 13.3. The van der Waals surface area contributed by atoms with Crippen LogP contribution >= 0.6 is 0 Å². The molecular weight excluding hydrogens is 368 g/mol. The van der Waals surface area contributed by atoms with E-state index in [0.717, 1.165) is 15.4 Å². The number of aryl methyl sites for hydroxylation is 1. The van der Waals surface area contributed by atoms with Gasteiger partial charge in [0.25, 0.3) is 11.8 Å². The Morgan fingerprint density at radius 3 is 2.36 bits per heavy atom. The van der Waals surface area contributed by atoms with Crippen LogP contribution < -0.4 is 15.0 Å². The topological polar surface area (TPSA) is 129 Å². The molecule has 4 amide bonds. The normalized spacial score (nSPS) is 14.0. The molecule has 0 radical (unpaired) electrons. The highest BCUT2D eigenvalue weighted by atomic mass is 16.6. The van der Waals surface area contributed by atoms with Crippen molar-refractivity contribution in [1.82, 2.24) is 9.88 Å². The summed E-state index contributed by atoms with van der Waals surface area (Å²) in [4.78, 5) is 52.6. The lowest BCUT2D eigenvalue weighted by Crippen LogP contribution is -2.55. The molecule has 10 heteroatoms. The second kappa shape index (κ2) is 7.74. The minimum atomic E-state index is -1.34. The zero-order chi connectivity index (χ0) is 20.3. The largest absolute Gasteiger partial charge is 0.465 e. The van der Waals surface area contributed by atoms with Crippen LogP contribution in [-0.2, 0) is 9.59 Å². The molecular formula is C18H16N4O6. The highest BCUT2D eigenvalue weighted by molar-refractivity contribution is 6.18. The maximum absolute atomic E-state index is 12.1. The Balaban J connectivity index is 1.66. The third-order valence-corrected chi connectivity index (χ3v) is 3.98. The van der Waals surface area contributed by atoms with Crippen LogP contribution in [-0.4, -0.2) is 52.1 Å². The molecule has 1 aliphatic rings. The van der Waals surface area contributed by atoms with E-state index in [2.05, 4.69) is 10.3 Å². The van der Waals surface area contributed by atoms with Crippen molar-refractivity contribution in [2.75, 3.05) is 23.3 Å². The molecule has 1 saturated heterocycles. The van der Waals surface area contributed by atoms with Gasteiger partial charge in [-0.3, -0.25) is 19.8 Å². The van der Waals surface area contributed by atoms with Crippen molar-refractivity contribution in [2.45, 2.75) is 6.92 Å². The molecule has 28 heavy (non-hydrogen) atoms. The summed E-state index contributed by atoms with van der Waals surface area (Å²) in [6, 6.07) is 9.88. The van der Waals surface area contributed by atoms with Crippen LogP contribution in [0.1, 0.15) is 5.56 Å². The lowest BCUT2D eigenvalue weighted by molar-refractivity contribution is -0.131. The first-order valence-corrected chi connectivity index (χ1v) is 8.19. The SMILES string of the molecule is Cc1ccccc1NC(=O)Oc1ccc(N2C(=O)CN(C(=O)O)CC2=O)cn1. The molecule has 3 rings (SSSR count). The van der Waals surface area contributed by atoms with E-state index >= 15 is 0 Å². The van der Waals surface area contributed by atoms with Gasteiger partial charge in [-0.15, -0.1) is 0 Å². The van der Waals surface area contributed by atoms with E-state index in [0.29, 0.717) is 5.69 Å². The fourth-order valence-corrected chi connectivity index (χ4v) is 2.59. The first kappa shape index (κ1) is 18.8. The van der Waals surface area contributed by atoms with E-state index in [1.807, 2.05) is 19.1 Å². The molecule has 1 fully saturated rings. The van der Waals surface area contributed by atoms with Gasteiger partial charge >= 0.3 is 12.2 Å². The van der Waals surface area contributed by atoms with Gasteiger partial charge in [-0.25, -0.2) is 19.5 Å². The third-order valence-electron chi connectivity index (χ3n) is 3.98. The molecule has 10 nitrogen and oxygen atoms in total. The molecule has 0 bridgehead atoms. The second-order valence-electron chi connectivity index (χ2n) is 5.95. The summed E-state index contributed by atoms with van der Waals surface area (Å²) in [6.45, 7) is 0.969. The molecule has 2 aromatic rings. The molecule has 2 heterocycles. The highest BCUT2D eigenvalue weighted by Crippen LogP contribution is 2.20. The van der Waals surface area contributed by atoms with Gasteiger partial charge in [-0.2, -0.15) is 0 Å². The van der Waals surface area contributed by atoms with Gasteiger partial charge in [0.2, 0.25) is 5.88 Å². The number of para-hydroxylation sites is 1. The Hall–Kier alpha value is -3.95. The molecule has 0 spiro atoms. The number of aromatic nitrogens is 1. The molecule has 1 aromatic carbocycles. The number of imide groups is 1. The number of hydrogen-bond donors (Lipinski definition) is 2. The van der Waals surface area contributed by atoms with Gasteiger partial charge in [0.1, 0.15) is 13.1 Å². The second-order valence-corrected chi connectivity index (χ2v) is 5.95. The van der Waals surface area contributed by atoms with Crippen molar-refractivity contribution >= 4 is 35.4 Å². The standard InChI is InChI=1S/C18H16N4O6/c1-11-4-2-3-5-13(11)20-17(25)28-14-7-6-12(8-19-14)22-15(23)9-21(18(26)27)10-16(22)24/h2-8H,9-10H2,1H3,(H,20,25)(H,26,27). The summed E-state index contributed by atoms with van der Waals surface area (Å²) >= 11 is 0. The molecule has 0 atom stereocenters. The van der Waals surface area contributed by atoms with E-state index in [1.54, 1.807) is 12.1 Å².